The van der Waals surface area contributed by atoms with Gasteiger partial charge in [-0.15, -0.1) is 11.3 Å². The van der Waals surface area contributed by atoms with Crippen molar-refractivity contribution in [2.24, 2.45) is 0 Å². The van der Waals surface area contributed by atoms with E-state index < -0.39 is 5.97 Å². The molecule has 5 nitrogen and oxygen atoms in total. The molecular formula is C13H14N2O3S. The van der Waals surface area contributed by atoms with Crippen molar-refractivity contribution in [3.63, 3.8) is 0 Å². The predicted octanol–water partition coefficient (Wildman–Crippen LogP) is 2.29. The molecule has 100 valence electrons. The Morgan fingerprint density at radius 3 is 2.79 bits per heavy atom. The normalized spacial score (nSPS) is 10.8. The van der Waals surface area contributed by atoms with Gasteiger partial charge in [0, 0.05) is 18.3 Å². The number of aromatic carboxylic acids is 1. The Balaban J connectivity index is 2.82. The molecular weight excluding hydrogens is 264 g/mol. The number of hydrogen-bond acceptors (Lipinski definition) is 4. The quantitative estimate of drug-likeness (QED) is 0.871. The third-order valence-corrected chi connectivity index (χ3v) is 3.62. The minimum atomic E-state index is -1.10. The Kier molecular flexibility index (Phi) is 3.53. The summed E-state index contributed by atoms with van der Waals surface area (Å²) in [7, 11) is 0. The van der Waals surface area contributed by atoms with Crippen molar-refractivity contribution in [1.82, 2.24) is 9.55 Å². The zero-order valence-electron chi connectivity index (χ0n) is 10.8. The molecule has 0 unspecified atom stereocenters. The number of nitrogens with zero attached hydrogens (tertiary/aromatic N) is 2. The molecule has 0 amide bonds. The van der Waals surface area contributed by atoms with Gasteiger partial charge in [-0.1, -0.05) is 19.1 Å². The number of carbonyl (C=O) groups is 1. The van der Waals surface area contributed by atoms with Crippen LogP contribution < -0.4 is 5.56 Å². The maximum absolute atomic E-state index is 12.5. The number of fused-ring (bicyclic) bond motifs is 1. The van der Waals surface area contributed by atoms with Crippen molar-refractivity contribution >= 4 is 27.5 Å². The molecule has 0 atom stereocenters. The van der Waals surface area contributed by atoms with Crippen molar-refractivity contribution in [3.05, 3.63) is 39.3 Å². The lowest BCUT2D eigenvalue weighted by Gasteiger charge is -2.10. The second-order valence-electron chi connectivity index (χ2n) is 4.36. The van der Waals surface area contributed by atoms with Crippen LogP contribution in [-0.2, 0) is 13.0 Å². The van der Waals surface area contributed by atoms with Gasteiger partial charge in [-0.25, -0.2) is 9.78 Å². The van der Waals surface area contributed by atoms with E-state index in [4.69, 9.17) is 5.11 Å². The van der Waals surface area contributed by atoms with Gasteiger partial charge in [0.1, 0.15) is 10.7 Å². The summed E-state index contributed by atoms with van der Waals surface area (Å²) in [4.78, 5) is 28.5. The van der Waals surface area contributed by atoms with Gasteiger partial charge in [0.15, 0.2) is 0 Å². The Morgan fingerprint density at radius 1 is 1.58 bits per heavy atom. The summed E-state index contributed by atoms with van der Waals surface area (Å²) in [6.45, 7) is 7.88. The van der Waals surface area contributed by atoms with Crippen LogP contribution in [-0.4, -0.2) is 20.6 Å². The Morgan fingerprint density at radius 2 is 2.26 bits per heavy atom. The fourth-order valence-corrected chi connectivity index (χ4v) is 2.85. The third kappa shape index (κ3) is 2.31. The number of carboxylic acids is 1. The molecule has 0 saturated heterocycles. The first-order valence-corrected chi connectivity index (χ1v) is 6.72. The SMILES string of the molecule is C=C(C)Cn1c(CC)nc2scc(C(=O)O)c2c1=O. The van der Waals surface area contributed by atoms with Crippen LogP contribution in [0.5, 0.6) is 0 Å². The molecule has 2 heterocycles. The smallest absolute Gasteiger partial charge is 0.337 e. The van der Waals surface area contributed by atoms with E-state index >= 15 is 0 Å². The Hall–Kier alpha value is -1.95. The van der Waals surface area contributed by atoms with Crippen molar-refractivity contribution in [2.45, 2.75) is 26.8 Å². The summed E-state index contributed by atoms with van der Waals surface area (Å²) >= 11 is 1.19. The van der Waals surface area contributed by atoms with E-state index in [1.807, 2.05) is 13.8 Å². The number of thiophene rings is 1. The molecule has 0 fully saturated rings. The highest BCUT2D eigenvalue weighted by atomic mass is 32.1. The first-order chi connectivity index (χ1) is 8.95. The first kappa shape index (κ1) is 13.5. The topological polar surface area (TPSA) is 72.2 Å². The maximum atomic E-state index is 12.5. The van der Waals surface area contributed by atoms with Crippen LogP contribution in [0.25, 0.3) is 10.2 Å². The molecule has 0 aliphatic heterocycles. The molecule has 0 aliphatic rings. The zero-order valence-corrected chi connectivity index (χ0v) is 11.6. The first-order valence-electron chi connectivity index (χ1n) is 5.84. The standard InChI is InChI=1S/C13H14N2O3S/c1-4-9-14-11-10(8(6-19-11)13(17)18)12(16)15(9)5-7(2)3/h6H,2,4-5H2,1,3H3,(H,17,18). The molecule has 0 aromatic carbocycles. The van der Waals surface area contributed by atoms with E-state index in [0.717, 1.165) is 5.57 Å². The fraction of sp³-hybridized carbons (Fsp3) is 0.308. The van der Waals surface area contributed by atoms with Crippen LogP contribution in [0.1, 0.15) is 30.0 Å². The number of hydrogen-bond donors (Lipinski definition) is 1. The van der Waals surface area contributed by atoms with Gasteiger partial charge < -0.3 is 5.11 Å². The molecule has 2 aromatic rings. The van der Waals surface area contributed by atoms with Gasteiger partial charge in [-0.2, -0.15) is 0 Å². The van der Waals surface area contributed by atoms with Crippen LogP contribution in [0.3, 0.4) is 0 Å². The van der Waals surface area contributed by atoms with Gasteiger partial charge in [-0.3, -0.25) is 9.36 Å². The third-order valence-electron chi connectivity index (χ3n) is 2.75. The van der Waals surface area contributed by atoms with Gasteiger partial charge >= 0.3 is 5.97 Å². The molecule has 0 bridgehead atoms. The van der Waals surface area contributed by atoms with Gasteiger partial charge in [0.2, 0.25) is 0 Å². The number of aryl methyl sites for hydroxylation is 1. The summed E-state index contributed by atoms with van der Waals surface area (Å²) < 4.78 is 1.50. The zero-order chi connectivity index (χ0) is 14.2. The van der Waals surface area contributed by atoms with Crippen molar-refractivity contribution in [3.8, 4) is 0 Å². The summed E-state index contributed by atoms with van der Waals surface area (Å²) in [6.07, 6.45) is 0.610. The van der Waals surface area contributed by atoms with E-state index in [-0.39, 0.29) is 16.5 Å². The molecule has 0 saturated carbocycles. The number of aromatic nitrogens is 2. The number of rotatable bonds is 4. The van der Waals surface area contributed by atoms with Crippen molar-refractivity contribution < 1.29 is 9.90 Å². The van der Waals surface area contributed by atoms with Crippen LogP contribution in [0.4, 0.5) is 0 Å². The molecule has 0 spiro atoms. The van der Waals surface area contributed by atoms with Crippen LogP contribution in [0.15, 0.2) is 22.3 Å². The maximum Gasteiger partial charge on any atom is 0.337 e. The van der Waals surface area contributed by atoms with E-state index in [1.165, 1.54) is 21.3 Å². The van der Waals surface area contributed by atoms with Gasteiger partial charge in [-0.05, 0) is 6.92 Å². The molecule has 2 aromatic heterocycles. The summed E-state index contributed by atoms with van der Waals surface area (Å²) in [5.74, 6) is -0.449. The molecule has 19 heavy (non-hydrogen) atoms. The minimum absolute atomic E-state index is 0.0237. The highest BCUT2D eigenvalue weighted by Gasteiger charge is 2.18. The van der Waals surface area contributed by atoms with E-state index in [1.54, 1.807) is 0 Å². The second-order valence-corrected chi connectivity index (χ2v) is 5.22. The van der Waals surface area contributed by atoms with Crippen LogP contribution in [0, 0.1) is 0 Å². The lowest BCUT2D eigenvalue weighted by molar-refractivity contribution is 0.0699. The van der Waals surface area contributed by atoms with Crippen LogP contribution >= 0.6 is 11.3 Å². The summed E-state index contributed by atoms with van der Waals surface area (Å²) in [5, 5.41) is 10.8. The lowest BCUT2D eigenvalue weighted by Crippen LogP contribution is -2.26. The van der Waals surface area contributed by atoms with Crippen LogP contribution in [0.2, 0.25) is 0 Å². The van der Waals surface area contributed by atoms with Gasteiger partial charge in [0.25, 0.3) is 5.56 Å². The molecule has 0 radical (unpaired) electrons. The number of allylic oxidation sites excluding steroid dienone is 1. The number of carboxylic acid groups (broad SMARTS) is 1. The average molecular weight is 278 g/mol. The van der Waals surface area contributed by atoms with Gasteiger partial charge in [0.05, 0.1) is 10.9 Å². The minimum Gasteiger partial charge on any atom is -0.478 e. The molecule has 6 heteroatoms. The average Bonchev–Trinajstić information content (AvgIpc) is 2.76. The highest BCUT2D eigenvalue weighted by Crippen LogP contribution is 2.22. The monoisotopic (exact) mass is 278 g/mol. The summed E-state index contributed by atoms with van der Waals surface area (Å²) in [5.41, 5.74) is 0.546. The largest absolute Gasteiger partial charge is 0.478 e. The lowest BCUT2D eigenvalue weighted by atomic mass is 10.2. The predicted molar refractivity (Wildman–Crippen MR) is 75.0 cm³/mol. The van der Waals surface area contributed by atoms with E-state index in [2.05, 4.69) is 11.6 Å². The molecule has 2 rings (SSSR count). The fourth-order valence-electron chi connectivity index (χ4n) is 1.93. The van der Waals surface area contributed by atoms with E-state index in [0.29, 0.717) is 23.6 Å². The summed E-state index contributed by atoms with van der Waals surface area (Å²) in [6, 6.07) is 0. The molecule has 0 aliphatic carbocycles. The Labute approximate surface area is 113 Å². The van der Waals surface area contributed by atoms with Crippen molar-refractivity contribution in [2.75, 3.05) is 0 Å². The van der Waals surface area contributed by atoms with E-state index in [9.17, 15) is 9.59 Å². The second kappa shape index (κ2) is 4.97. The molecule has 1 N–H and O–H groups in total. The highest BCUT2D eigenvalue weighted by molar-refractivity contribution is 7.17. The van der Waals surface area contributed by atoms with Crippen molar-refractivity contribution in [1.29, 1.82) is 0 Å². The Bertz CT molecular complexity index is 727.